The number of halogens is 4. The number of benzene rings is 1. The van der Waals surface area contributed by atoms with Crippen LogP contribution < -0.4 is 10.6 Å². The maximum Gasteiger partial charge on any atom is 0.416 e. The smallest absolute Gasteiger partial charge is 0.383 e. The number of methoxy groups -OCH3 is 1. The summed E-state index contributed by atoms with van der Waals surface area (Å²) in [6, 6.07) is 2.89. The lowest BCUT2D eigenvalue weighted by Crippen LogP contribution is -2.27. The molecular weight excluding hydrogens is 361 g/mol. The Bertz CT molecular complexity index is 739. The minimum absolute atomic E-state index is 0.0306. The number of aromatic nitrogens is 2. The Morgan fingerprint density at radius 1 is 1.28 bits per heavy atom. The average Bonchev–Trinajstić information content (AvgIpc) is 2.56. The van der Waals surface area contributed by atoms with Gasteiger partial charge in [0.1, 0.15) is 11.5 Å². The normalized spacial score (nSPS) is 11.2. The summed E-state index contributed by atoms with van der Waals surface area (Å²) in [5, 5.41) is 5.31. The fraction of sp³-hybridized carbons (Fsp3) is 0.267. The Labute approximate surface area is 146 Å². The molecule has 0 bridgehead atoms. The van der Waals surface area contributed by atoms with E-state index >= 15 is 0 Å². The Kier molecular flexibility index (Phi) is 6.16. The summed E-state index contributed by atoms with van der Waals surface area (Å²) < 4.78 is 43.1. The fourth-order valence-corrected chi connectivity index (χ4v) is 1.97. The van der Waals surface area contributed by atoms with E-state index in [-0.39, 0.29) is 22.2 Å². The number of anilines is 2. The zero-order valence-corrected chi connectivity index (χ0v) is 13.8. The van der Waals surface area contributed by atoms with Crippen LogP contribution in [0.2, 0.25) is 5.02 Å². The summed E-state index contributed by atoms with van der Waals surface area (Å²) in [6.45, 7) is 0.670. The zero-order valence-electron chi connectivity index (χ0n) is 13.0. The summed E-state index contributed by atoms with van der Waals surface area (Å²) in [7, 11) is 1.51. The zero-order chi connectivity index (χ0) is 18.4. The van der Waals surface area contributed by atoms with Gasteiger partial charge in [-0.25, -0.2) is 9.97 Å². The molecule has 25 heavy (non-hydrogen) atoms. The third kappa shape index (κ3) is 5.30. The summed E-state index contributed by atoms with van der Waals surface area (Å²) in [4.78, 5) is 19.6. The van der Waals surface area contributed by atoms with Crippen molar-refractivity contribution in [2.45, 2.75) is 6.18 Å². The van der Waals surface area contributed by atoms with Gasteiger partial charge in [0.2, 0.25) is 0 Å². The van der Waals surface area contributed by atoms with Gasteiger partial charge in [-0.15, -0.1) is 0 Å². The second-order valence-corrected chi connectivity index (χ2v) is 5.26. The highest BCUT2D eigenvalue weighted by atomic mass is 35.5. The highest BCUT2D eigenvalue weighted by Crippen LogP contribution is 2.34. The van der Waals surface area contributed by atoms with Crippen LogP contribution >= 0.6 is 11.6 Å². The fourth-order valence-electron chi connectivity index (χ4n) is 1.80. The Morgan fingerprint density at radius 2 is 2.04 bits per heavy atom. The molecule has 0 radical (unpaired) electrons. The molecule has 2 aromatic rings. The van der Waals surface area contributed by atoms with Crippen molar-refractivity contribution >= 4 is 29.0 Å². The summed E-state index contributed by atoms with van der Waals surface area (Å²) in [5.41, 5.74) is -0.749. The van der Waals surface area contributed by atoms with Gasteiger partial charge in [-0.3, -0.25) is 4.79 Å². The van der Waals surface area contributed by atoms with Crippen LogP contribution in [-0.2, 0) is 10.9 Å². The molecule has 0 aliphatic rings. The largest absolute Gasteiger partial charge is 0.416 e. The monoisotopic (exact) mass is 374 g/mol. The molecule has 0 saturated heterocycles. The number of carbonyl (C=O) groups is 1. The van der Waals surface area contributed by atoms with Crippen LogP contribution in [0.15, 0.2) is 30.6 Å². The van der Waals surface area contributed by atoms with Crippen molar-refractivity contribution < 1.29 is 22.7 Å². The molecule has 0 saturated carbocycles. The molecule has 0 aliphatic heterocycles. The van der Waals surface area contributed by atoms with E-state index in [1.165, 1.54) is 19.5 Å². The molecule has 1 amide bonds. The molecular formula is C15H14ClF3N4O2. The van der Waals surface area contributed by atoms with E-state index in [1.54, 1.807) is 0 Å². The predicted molar refractivity (Wildman–Crippen MR) is 86.0 cm³/mol. The van der Waals surface area contributed by atoms with Gasteiger partial charge in [0.15, 0.2) is 0 Å². The average molecular weight is 375 g/mol. The van der Waals surface area contributed by atoms with Crippen LogP contribution in [0.5, 0.6) is 0 Å². The summed E-state index contributed by atoms with van der Waals surface area (Å²) in [6.07, 6.45) is -2.06. The maximum atomic E-state index is 12.8. The topological polar surface area (TPSA) is 76.1 Å². The van der Waals surface area contributed by atoms with Crippen LogP contribution in [0.25, 0.3) is 0 Å². The van der Waals surface area contributed by atoms with Gasteiger partial charge in [0.05, 0.1) is 35.3 Å². The third-order valence-electron chi connectivity index (χ3n) is 3.03. The van der Waals surface area contributed by atoms with Crippen LogP contribution in [0, 0.1) is 0 Å². The van der Waals surface area contributed by atoms with E-state index < -0.39 is 17.6 Å². The van der Waals surface area contributed by atoms with Gasteiger partial charge in [-0.05, 0) is 18.2 Å². The number of nitrogens with one attached hydrogen (secondary N) is 2. The number of amides is 1. The molecule has 1 aromatic heterocycles. The van der Waals surface area contributed by atoms with Crippen LogP contribution in [0.3, 0.4) is 0 Å². The quantitative estimate of drug-likeness (QED) is 0.759. The van der Waals surface area contributed by atoms with Crippen molar-refractivity contribution in [1.29, 1.82) is 0 Å². The molecule has 2 rings (SSSR count). The molecule has 0 aliphatic carbocycles. The van der Waals surface area contributed by atoms with E-state index in [2.05, 4.69) is 20.6 Å². The van der Waals surface area contributed by atoms with E-state index in [1.807, 2.05) is 0 Å². The number of nitrogens with zero attached hydrogens (tertiary/aromatic N) is 2. The minimum atomic E-state index is -4.49. The molecule has 1 aromatic carbocycles. The first-order chi connectivity index (χ1) is 11.8. The predicted octanol–water partition coefficient (Wildman–Crippen LogP) is 3.27. The second kappa shape index (κ2) is 8.13. The highest BCUT2D eigenvalue weighted by molar-refractivity contribution is 6.33. The number of ether oxygens (including phenoxy) is 1. The highest BCUT2D eigenvalue weighted by Gasteiger charge is 2.31. The first-order valence-electron chi connectivity index (χ1n) is 7.04. The van der Waals surface area contributed by atoms with E-state index in [0.717, 1.165) is 18.2 Å². The standard InChI is InChI=1S/C15H14ClF3N4O2/c1-25-5-4-20-14(24)12-7-22-13(8-21-12)23-11-6-9(15(17,18)19)2-3-10(11)16/h2-3,6-8H,4-5H2,1H3,(H,20,24)(H,22,23). The van der Waals surface area contributed by atoms with Gasteiger partial charge in [0.25, 0.3) is 5.91 Å². The molecule has 2 N–H and O–H groups in total. The van der Waals surface area contributed by atoms with Crippen LogP contribution in [0.1, 0.15) is 16.1 Å². The lowest BCUT2D eigenvalue weighted by Gasteiger charge is -2.12. The number of hydrogen-bond donors (Lipinski definition) is 2. The van der Waals surface area contributed by atoms with Crippen molar-refractivity contribution in [2.24, 2.45) is 0 Å². The molecule has 10 heteroatoms. The SMILES string of the molecule is COCCNC(=O)c1cnc(Nc2cc(C(F)(F)F)ccc2Cl)cn1. The lowest BCUT2D eigenvalue weighted by molar-refractivity contribution is -0.137. The number of hydrogen-bond acceptors (Lipinski definition) is 5. The molecule has 134 valence electrons. The first kappa shape index (κ1) is 18.9. The second-order valence-electron chi connectivity index (χ2n) is 4.85. The van der Waals surface area contributed by atoms with Gasteiger partial charge < -0.3 is 15.4 Å². The molecule has 0 fully saturated rings. The van der Waals surface area contributed by atoms with Gasteiger partial charge in [-0.2, -0.15) is 13.2 Å². The maximum absolute atomic E-state index is 12.8. The van der Waals surface area contributed by atoms with Gasteiger partial charge in [0, 0.05) is 13.7 Å². The minimum Gasteiger partial charge on any atom is -0.383 e. The number of carbonyl (C=O) groups excluding carboxylic acids is 1. The third-order valence-corrected chi connectivity index (χ3v) is 3.36. The van der Waals surface area contributed by atoms with Crippen molar-refractivity contribution in [1.82, 2.24) is 15.3 Å². The van der Waals surface area contributed by atoms with E-state index in [0.29, 0.717) is 13.2 Å². The molecule has 6 nitrogen and oxygen atoms in total. The van der Waals surface area contributed by atoms with Gasteiger partial charge in [-0.1, -0.05) is 11.6 Å². The van der Waals surface area contributed by atoms with Crippen molar-refractivity contribution in [3.05, 3.63) is 46.9 Å². The van der Waals surface area contributed by atoms with Crippen LogP contribution in [-0.4, -0.2) is 36.1 Å². The first-order valence-corrected chi connectivity index (χ1v) is 7.42. The van der Waals surface area contributed by atoms with Crippen molar-refractivity contribution in [3.63, 3.8) is 0 Å². The molecule has 0 unspecified atom stereocenters. The van der Waals surface area contributed by atoms with Crippen molar-refractivity contribution in [3.8, 4) is 0 Å². The molecule has 0 atom stereocenters. The number of alkyl halides is 3. The summed E-state index contributed by atoms with van der Waals surface area (Å²) >= 11 is 5.89. The Balaban J connectivity index is 2.10. The van der Waals surface area contributed by atoms with Gasteiger partial charge >= 0.3 is 6.18 Å². The molecule has 1 heterocycles. The number of rotatable bonds is 6. The van der Waals surface area contributed by atoms with Crippen molar-refractivity contribution in [2.75, 3.05) is 25.6 Å². The van der Waals surface area contributed by atoms with Crippen LogP contribution in [0.4, 0.5) is 24.7 Å². The lowest BCUT2D eigenvalue weighted by atomic mass is 10.2. The van der Waals surface area contributed by atoms with E-state index in [4.69, 9.17) is 16.3 Å². The summed E-state index contributed by atoms with van der Waals surface area (Å²) in [5.74, 6) is -0.289. The van der Waals surface area contributed by atoms with E-state index in [9.17, 15) is 18.0 Å². The molecule has 0 spiro atoms. The Hall–Kier alpha value is -2.39. The Morgan fingerprint density at radius 3 is 2.64 bits per heavy atom.